The molecule has 0 aromatic carbocycles. The van der Waals surface area contributed by atoms with E-state index in [9.17, 15) is 9.59 Å². The van der Waals surface area contributed by atoms with E-state index in [1.165, 1.54) is 0 Å². The van der Waals surface area contributed by atoms with Crippen LogP contribution < -0.4 is 0 Å². The summed E-state index contributed by atoms with van der Waals surface area (Å²) in [6, 6.07) is 4.86. The first-order chi connectivity index (χ1) is 10.1. The Kier molecular flexibility index (Phi) is 5.41. The number of likely N-dealkylation sites (N-methyl/N-ethyl adjacent to an activating group) is 1. The van der Waals surface area contributed by atoms with Gasteiger partial charge in [0.05, 0.1) is 13.2 Å². The van der Waals surface area contributed by atoms with E-state index in [1.807, 2.05) is 0 Å². The molecular formula is C15H21N3O3. The number of rotatable bonds is 5. The molecule has 0 bridgehead atoms. The average Bonchev–Trinajstić information content (AvgIpc) is 2.50. The molecule has 21 heavy (non-hydrogen) atoms. The molecule has 0 atom stereocenters. The van der Waals surface area contributed by atoms with Crippen molar-refractivity contribution in [1.29, 1.82) is 0 Å². The Hall–Kier alpha value is -1.79. The van der Waals surface area contributed by atoms with Crippen LogP contribution in [0.4, 0.5) is 0 Å². The average molecular weight is 291 g/mol. The van der Waals surface area contributed by atoms with Crippen molar-refractivity contribution in [2.75, 3.05) is 46.4 Å². The zero-order valence-electron chi connectivity index (χ0n) is 12.5. The van der Waals surface area contributed by atoms with Crippen LogP contribution in [0.5, 0.6) is 0 Å². The summed E-state index contributed by atoms with van der Waals surface area (Å²) in [6.07, 6.45) is 0. The van der Waals surface area contributed by atoms with Crippen LogP contribution in [-0.4, -0.2) is 72.9 Å². The molecule has 6 heteroatoms. The van der Waals surface area contributed by atoms with Crippen LogP contribution in [0.2, 0.25) is 0 Å². The highest BCUT2D eigenvalue weighted by Crippen LogP contribution is 2.05. The number of piperazine rings is 1. The lowest BCUT2D eigenvalue weighted by molar-refractivity contribution is 0.0519. The van der Waals surface area contributed by atoms with Crippen LogP contribution in [0.1, 0.15) is 27.9 Å². The highest BCUT2D eigenvalue weighted by molar-refractivity contribution is 5.97. The van der Waals surface area contributed by atoms with Crippen molar-refractivity contribution in [3.63, 3.8) is 0 Å². The van der Waals surface area contributed by atoms with Gasteiger partial charge in [-0.25, -0.2) is 9.78 Å². The van der Waals surface area contributed by atoms with E-state index >= 15 is 0 Å². The third-order valence-corrected chi connectivity index (χ3v) is 3.48. The van der Waals surface area contributed by atoms with Crippen molar-refractivity contribution in [1.82, 2.24) is 14.8 Å². The van der Waals surface area contributed by atoms with Gasteiger partial charge in [-0.2, -0.15) is 0 Å². The molecule has 0 aliphatic carbocycles. The Labute approximate surface area is 124 Å². The van der Waals surface area contributed by atoms with Gasteiger partial charge in [-0.15, -0.1) is 0 Å². The Balaban J connectivity index is 1.99. The molecule has 1 aromatic heterocycles. The van der Waals surface area contributed by atoms with Crippen molar-refractivity contribution in [2.24, 2.45) is 0 Å². The number of esters is 1. The highest BCUT2D eigenvalue weighted by atomic mass is 16.5. The molecule has 0 radical (unpaired) electrons. The molecule has 2 heterocycles. The normalized spacial score (nSPS) is 16.7. The number of ether oxygens (including phenoxy) is 1. The molecule has 0 N–H and O–H groups in total. The van der Waals surface area contributed by atoms with E-state index in [1.54, 1.807) is 25.1 Å². The topological polar surface area (TPSA) is 62.7 Å². The first kappa shape index (κ1) is 15.6. The molecule has 1 aliphatic rings. The van der Waals surface area contributed by atoms with Crippen LogP contribution in [0.15, 0.2) is 18.2 Å². The third kappa shape index (κ3) is 4.34. The van der Waals surface area contributed by atoms with Crippen molar-refractivity contribution in [2.45, 2.75) is 6.92 Å². The van der Waals surface area contributed by atoms with Gasteiger partial charge < -0.3 is 9.64 Å². The number of aromatic nitrogens is 1. The van der Waals surface area contributed by atoms with E-state index in [2.05, 4.69) is 21.8 Å². The number of hydrogen-bond acceptors (Lipinski definition) is 6. The molecule has 0 saturated carbocycles. The smallest absolute Gasteiger partial charge is 0.356 e. The lowest BCUT2D eigenvalue weighted by Gasteiger charge is -2.31. The number of nitrogens with zero attached hydrogens (tertiary/aromatic N) is 3. The van der Waals surface area contributed by atoms with Gasteiger partial charge in [-0.05, 0) is 26.1 Å². The van der Waals surface area contributed by atoms with Gasteiger partial charge in [0.15, 0.2) is 5.78 Å². The molecule has 0 amide bonds. The van der Waals surface area contributed by atoms with Gasteiger partial charge in [-0.1, -0.05) is 6.07 Å². The van der Waals surface area contributed by atoms with Crippen molar-refractivity contribution in [3.8, 4) is 0 Å². The SMILES string of the molecule is CCOC(=O)c1cccc(C(=O)CN2CCN(C)CC2)n1. The fourth-order valence-corrected chi connectivity index (χ4v) is 2.20. The maximum Gasteiger partial charge on any atom is 0.356 e. The number of Topliss-reactive ketones (excluding diaryl/α,β-unsaturated/α-hetero) is 1. The molecule has 1 fully saturated rings. The number of carbonyl (C=O) groups excluding carboxylic acids is 2. The molecule has 6 nitrogen and oxygen atoms in total. The van der Waals surface area contributed by atoms with Crippen molar-refractivity contribution in [3.05, 3.63) is 29.6 Å². The summed E-state index contributed by atoms with van der Waals surface area (Å²) in [5.74, 6) is -0.558. The first-order valence-corrected chi connectivity index (χ1v) is 7.18. The second-order valence-corrected chi connectivity index (χ2v) is 5.13. The summed E-state index contributed by atoms with van der Waals surface area (Å²) in [4.78, 5) is 32.4. The van der Waals surface area contributed by atoms with E-state index in [0.29, 0.717) is 18.8 Å². The summed E-state index contributed by atoms with van der Waals surface area (Å²) in [5.41, 5.74) is 0.501. The molecule has 1 saturated heterocycles. The van der Waals surface area contributed by atoms with E-state index in [-0.39, 0.29) is 11.5 Å². The monoisotopic (exact) mass is 291 g/mol. The maximum absolute atomic E-state index is 12.3. The summed E-state index contributed by atoms with van der Waals surface area (Å²) in [6.45, 7) is 6.04. The zero-order valence-corrected chi connectivity index (χ0v) is 12.5. The van der Waals surface area contributed by atoms with Crippen molar-refractivity contribution < 1.29 is 14.3 Å². The van der Waals surface area contributed by atoms with E-state index in [0.717, 1.165) is 26.2 Å². The van der Waals surface area contributed by atoms with Gasteiger partial charge in [0, 0.05) is 26.2 Å². The van der Waals surface area contributed by atoms with Gasteiger partial charge in [-0.3, -0.25) is 9.69 Å². The number of carbonyl (C=O) groups is 2. The lowest BCUT2D eigenvalue weighted by atomic mass is 10.2. The predicted octanol–water partition coefficient (Wildman–Crippen LogP) is 0.688. The summed E-state index contributed by atoms with van der Waals surface area (Å²) < 4.78 is 4.90. The van der Waals surface area contributed by atoms with Gasteiger partial charge in [0.25, 0.3) is 0 Å². The quantitative estimate of drug-likeness (QED) is 0.587. The van der Waals surface area contributed by atoms with Crippen LogP contribution in [0.25, 0.3) is 0 Å². The Bertz CT molecular complexity index is 511. The van der Waals surface area contributed by atoms with Gasteiger partial charge in [0.1, 0.15) is 11.4 Å². The minimum absolute atomic E-state index is 0.0642. The summed E-state index contributed by atoms with van der Waals surface area (Å²) in [7, 11) is 2.07. The zero-order chi connectivity index (χ0) is 15.2. The minimum atomic E-state index is -0.494. The van der Waals surface area contributed by atoms with Crippen LogP contribution in [-0.2, 0) is 4.74 Å². The largest absolute Gasteiger partial charge is 0.461 e. The lowest BCUT2D eigenvalue weighted by Crippen LogP contribution is -2.46. The third-order valence-electron chi connectivity index (χ3n) is 3.48. The molecule has 2 rings (SSSR count). The van der Waals surface area contributed by atoms with Crippen LogP contribution in [0, 0.1) is 0 Å². The molecule has 0 spiro atoms. The summed E-state index contributed by atoms with van der Waals surface area (Å²) in [5, 5.41) is 0. The second-order valence-electron chi connectivity index (χ2n) is 5.13. The Morgan fingerprint density at radius 1 is 1.19 bits per heavy atom. The number of ketones is 1. The molecule has 1 aromatic rings. The molecule has 0 unspecified atom stereocenters. The minimum Gasteiger partial charge on any atom is -0.461 e. The maximum atomic E-state index is 12.3. The van der Waals surface area contributed by atoms with Gasteiger partial charge >= 0.3 is 5.97 Å². The fourth-order valence-electron chi connectivity index (χ4n) is 2.20. The summed E-state index contributed by atoms with van der Waals surface area (Å²) >= 11 is 0. The molecular weight excluding hydrogens is 270 g/mol. The van der Waals surface area contributed by atoms with Crippen molar-refractivity contribution >= 4 is 11.8 Å². The van der Waals surface area contributed by atoms with E-state index < -0.39 is 5.97 Å². The van der Waals surface area contributed by atoms with Gasteiger partial charge in [0.2, 0.25) is 0 Å². The fraction of sp³-hybridized carbons (Fsp3) is 0.533. The molecule has 114 valence electrons. The Morgan fingerprint density at radius 3 is 2.52 bits per heavy atom. The molecule has 1 aliphatic heterocycles. The predicted molar refractivity (Wildman–Crippen MR) is 78.5 cm³/mol. The van der Waals surface area contributed by atoms with E-state index in [4.69, 9.17) is 4.74 Å². The number of pyridine rings is 1. The number of hydrogen-bond donors (Lipinski definition) is 0. The highest BCUT2D eigenvalue weighted by Gasteiger charge is 2.19. The second kappa shape index (κ2) is 7.28. The first-order valence-electron chi connectivity index (χ1n) is 7.18. The van der Waals surface area contributed by atoms with Crippen LogP contribution in [0.3, 0.4) is 0 Å². The Morgan fingerprint density at radius 2 is 1.86 bits per heavy atom. The van der Waals surface area contributed by atoms with Crippen LogP contribution >= 0.6 is 0 Å². The standard InChI is InChI=1S/C15H21N3O3/c1-3-21-15(20)13-6-4-5-12(16-13)14(19)11-18-9-7-17(2)8-10-18/h4-6H,3,7-11H2,1-2H3.